The van der Waals surface area contributed by atoms with Crippen molar-refractivity contribution in [1.82, 2.24) is 0 Å². The van der Waals surface area contributed by atoms with Crippen LogP contribution in [0.5, 0.6) is 0 Å². The van der Waals surface area contributed by atoms with Gasteiger partial charge >= 0.3 is 0 Å². The van der Waals surface area contributed by atoms with Crippen molar-refractivity contribution < 1.29 is 4.74 Å². The summed E-state index contributed by atoms with van der Waals surface area (Å²) in [5.41, 5.74) is 3.25. The molecule has 0 aliphatic carbocycles. The van der Waals surface area contributed by atoms with Crippen LogP contribution in [0.25, 0.3) is 11.1 Å². The van der Waals surface area contributed by atoms with Crippen LogP contribution in [-0.2, 0) is 4.74 Å². The Balaban J connectivity index is 1.85. The second kappa shape index (κ2) is 5.45. The second-order valence-corrected chi connectivity index (χ2v) is 5.72. The van der Waals surface area contributed by atoms with Gasteiger partial charge in [0.2, 0.25) is 10.9 Å². The summed E-state index contributed by atoms with van der Waals surface area (Å²) in [5.74, 6) is 0. The zero-order valence-corrected chi connectivity index (χ0v) is 12.4. The largest absolute Gasteiger partial charge is 0.379 e. The zero-order chi connectivity index (χ0) is 15.0. The molecule has 1 heterocycles. The first-order valence-electron chi connectivity index (χ1n) is 7.34. The van der Waals surface area contributed by atoms with Gasteiger partial charge in [0.25, 0.3) is 0 Å². The van der Waals surface area contributed by atoms with Crippen LogP contribution < -0.4 is 16.2 Å². The standard InChI is InChI=1S/C17H19NO3/c1-10-5-6-12(8-11(10)2)14-15(17(20)16(14)19)18-9-13-4-3-7-21-13/h5-6,8,13,18H,3-4,7,9H2,1-2H3. The first-order chi connectivity index (χ1) is 10.1. The number of hydrogen-bond acceptors (Lipinski definition) is 4. The van der Waals surface area contributed by atoms with Gasteiger partial charge in [-0.2, -0.15) is 0 Å². The highest BCUT2D eigenvalue weighted by Gasteiger charge is 2.24. The summed E-state index contributed by atoms with van der Waals surface area (Å²) in [6, 6.07) is 5.84. The molecule has 0 bridgehead atoms. The van der Waals surface area contributed by atoms with Gasteiger partial charge in [-0.15, -0.1) is 0 Å². The molecule has 0 aromatic heterocycles. The molecule has 21 heavy (non-hydrogen) atoms. The molecule has 1 aliphatic heterocycles. The maximum Gasteiger partial charge on any atom is 0.250 e. The number of ether oxygens (including phenoxy) is 1. The van der Waals surface area contributed by atoms with E-state index in [1.165, 1.54) is 5.56 Å². The molecule has 1 saturated heterocycles. The van der Waals surface area contributed by atoms with E-state index in [-0.39, 0.29) is 6.10 Å². The highest BCUT2D eigenvalue weighted by atomic mass is 16.5. The Bertz CT molecular complexity index is 735. The molecule has 1 aliphatic rings. The molecule has 3 rings (SSSR count). The summed E-state index contributed by atoms with van der Waals surface area (Å²) in [6.45, 7) is 5.40. The number of nitrogens with one attached hydrogen (secondary N) is 1. The van der Waals surface area contributed by atoms with Crippen molar-refractivity contribution in [3.05, 3.63) is 49.8 Å². The summed E-state index contributed by atoms with van der Waals surface area (Å²) >= 11 is 0. The van der Waals surface area contributed by atoms with Crippen molar-refractivity contribution in [2.75, 3.05) is 18.5 Å². The van der Waals surface area contributed by atoms with Crippen molar-refractivity contribution in [3.63, 3.8) is 0 Å². The Labute approximate surface area is 123 Å². The third-order valence-corrected chi connectivity index (χ3v) is 4.24. The first-order valence-corrected chi connectivity index (χ1v) is 7.34. The zero-order valence-electron chi connectivity index (χ0n) is 12.4. The van der Waals surface area contributed by atoms with Gasteiger partial charge in [-0.3, -0.25) is 9.59 Å². The van der Waals surface area contributed by atoms with Crippen LogP contribution in [0, 0.1) is 13.8 Å². The Morgan fingerprint density at radius 3 is 2.67 bits per heavy atom. The number of rotatable bonds is 4. The fourth-order valence-electron chi connectivity index (χ4n) is 2.75. The minimum absolute atomic E-state index is 0.141. The van der Waals surface area contributed by atoms with Crippen LogP contribution >= 0.6 is 0 Å². The minimum atomic E-state index is -0.416. The van der Waals surface area contributed by atoms with Gasteiger partial charge in [0.05, 0.1) is 17.4 Å². The molecule has 1 N–H and O–H groups in total. The van der Waals surface area contributed by atoms with Crippen molar-refractivity contribution in [2.24, 2.45) is 0 Å². The Morgan fingerprint density at radius 2 is 2.00 bits per heavy atom. The normalized spacial score (nSPS) is 18.3. The first kappa shape index (κ1) is 14.0. The Hall–Kier alpha value is -1.94. The van der Waals surface area contributed by atoms with E-state index in [2.05, 4.69) is 5.32 Å². The fourth-order valence-corrected chi connectivity index (χ4v) is 2.75. The smallest absolute Gasteiger partial charge is 0.250 e. The average Bonchev–Trinajstić information content (AvgIpc) is 2.99. The van der Waals surface area contributed by atoms with Crippen molar-refractivity contribution in [2.45, 2.75) is 32.8 Å². The third kappa shape index (κ3) is 2.51. The molecule has 0 spiro atoms. The van der Waals surface area contributed by atoms with Crippen LogP contribution in [0.2, 0.25) is 0 Å². The molecular formula is C17H19NO3. The predicted octanol–water partition coefficient (Wildman–Crippen LogP) is 2.16. The Morgan fingerprint density at radius 1 is 1.19 bits per heavy atom. The van der Waals surface area contributed by atoms with E-state index in [1.54, 1.807) is 0 Å². The molecule has 4 nitrogen and oxygen atoms in total. The van der Waals surface area contributed by atoms with E-state index in [9.17, 15) is 9.59 Å². The lowest BCUT2D eigenvalue weighted by Gasteiger charge is -2.16. The van der Waals surface area contributed by atoms with Crippen LogP contribution in [0.3, 0.4) is 0 Å². The van der Waals surface area contributed by atoms with Gasteiger partial charge in [-0.05, 0) is 43.4 Å². The third-order valence-electron chi connectivity index (χ3n) is 4.24. The quantitative estimate of drug-likeness (QED) is 0.875. The second-order valence-electron chi connectivity index (χ2n) is 5.72. The number of anilines is 1. The minimum Gasteiger partial charge on any atom is -0.379 e. The molecule has 1 unspecified atom stereocenters. The van der Waals surface area contributed by atoms with Crippen LogP contribution in [0.1, 0.15) is 24.0 Å². The van der Waals surface area contributed by atoms with Crippen LogP contribution in [0.15, 0.2) is 27.8 Å². The SMILES string of the molecule is Cc1ccc(-c2c(NCC3CCCO3)c(=O)c2=O)cc1C. The lowest BCUT2D eigenvalue weighted by Crippen LogP contribution is -2.37. The summed E-state index contributed by atoms with van der Waals surface area (Å²) in [5, 5.41) is 3.11. The van der Waals surface area contributed by atoms with Gasteiger partial charge in [-0.25, -0.2) is 0 Å². The van der Waals surface area contributed by atoms with Crippen LogP contribution in [0.4, 0.5) is 5.69 Å². The molecule has 1 fully saturated rings. The van der Waals surface area contributed by atoms with Gasteiger partial charge in [0.1, 0.15) is 0 Å². The number of benzene rings is 1. The number of hydrogen-bond donors (Lipinski definition) is 1. The summed E-state index contributed by atoms with van der Waals surface area (Å²) < 4.78 is 5.53. The van der Waals surface area contributed by atoms with Gasteiger partial charge in [0, 0.05) is 13.2 Å². The molecule has 1 atom stereocenters. The predicted molar refractivity (Wildman–Crippen MR) is 83.7 cm³/mol. The summed E-state index contributed by atoms with van der Waals surface area (Å²) in [4.78, 5) is 23.7. The topological polar surface area (TPSA) is 55.4 Å². The van der Waals surface area contributed by atoms with Gasteiger partial charge in [-0.1, -0.05) is 18.2 Å². The van der Waals surface area contributed by atoms with Crippen molar-refractivity contribution in [1.29, 1.82) is 0 Å². The van der Waals surface area contributed by atoms with Crippen LogP contribution in [-0.4, -0.2) is 19.3 Å². The van der Waals surface area contributed by atoms with E-state index >= 15 is 0 Å². The summed E-state index contributed by atoms with van der Waals surface area (Å²) in [6.07, 6.45) is 2.20. The highest BCUT2D eigenvalue weighted by molar-refractivity contribution is 5.82. The molecule has 110 valence electrons. The summed E-state index contributed by atoms with van der Waals surface area (Å²) in [7, 11) is 0. The highest BCUT2D eigenvalue weighted by Crippen LogP contribution is 2.26. The lowest BCUT2D eigenvalue weighted by molar-refractivity contribution is 0.120. The van der Waals surface area contributed by atoms with E-state index in [0.717, 1.165) is 30.6 Å². The van der Waals surface area contributed by atoms with E-state index in [1.807, 2.05) is 32.0 Å². The molecule has 2 aromatic carbocycles. The lowest BCUT2D eigenvalue weighted by atomic mass is 9.95. The van der Waals surface area contributed by atoms with E-state index in [0.29, 0.717) is 17.8 Å². The van der Waals surface area contributed by atoms with E-state index < -0.39 is 10.9 Å². The van der Waals surface area contributed by atoms with E-state index in [4.69, 9.17) is 4.74 Å². The molecule has 2 aromatic rings. The van der Waals surface area contributed by atoms with Crippen molar-refractivity contribution >= 4 is 5.69 Å². The van der Waals surface area contributed by atoms with Crippen molar-refractivity contribution in [3.8, 4) is 11.1 Å². The number of aryl methyl sites for hydroxylation is 2. The van der Waals surface area contributed by atoms with Gasteiger partial charge < -0.3 is 10.1 Å². The molecular weight excluding hydrogens is 266 g/mol. The molecule has 0 radical (unpaired) electrons. The maximum absolute atomic E-state index is 11.9. The molecule has 0 saturated carbocycles. The monoisotopic (exact) mass is 285 g/mol. The molecule has 0 amide bonds. The molecule has 4 heteroatoms. The Kier molecular flexibility index (Phi) is 3.64. The average molecular weight is 285 g/mol. The fraction of sp³-hybridized carbons (Fsp3) is 0.412. The maximum atomic E-state index is 11.9. The van der Waals surface area contributed by atoms with Gasteiger partial charge in [0.15, 0.2) is 0 Å².